The maximum Gasteiger partial charge on any atom is 0.305 e. The van der Waals surface area contributed by atoms with Crippen LogP contribution in [0.5, 0.6) is 0 Å². The van der Waals surface area contributed by atoms with Gasteiger partial charge in [0.15, 0.2) is 0 Å². The van der Waals surface area contributed by atoms with Gasteiger partial charge in [-0.1, -0.05) is 6.07 Å². The number of carbonyl (C=O) groups is 1. The molecule has 0 aliphatic heterocycles. The van der Waals surface area contributed by atoms with Crippen molar-refractivity contribution in [2.45, 2.75) is 19.8 Å². The van der Waals surface area contributed by atoms with Crippen molar-refractivity contribution < 1.29 is 9.53 Å². The molecule has 0 spiro atoms. The number of nitrogens with zero attached hydrogens (tertiary/aromatic N) is 1. The zero-order valence-corrected chi connectivity index (χ0v) is 10.5. The van der Waals surface area contributed by atoms with E-state index >= 15 is 0 Å². The molecular weight excluding hydrogens is 214 g/mol. The van der Waals surface area contributed by atoms with E-state index in [4.69, 9.17) is 0 Å². The van der Waals surface area contributed by atoms with E-state index in [1.807, 2.05) is 0 Å². The minimum absolute atomic E-state index is 0.158. The third-order valence-electron chi connectivity index (χ3n) is 3.19. The summed E-state index contributed by atoms with van der Waals surface area (Å²) >= 11 is 0. The van der Waals surface area contributed by atoms with Crippen molar-refractivity contribution in [3.8, 4) is 0 Å². The van der Waals surface area contributed by atoms with Gasteiger partial charge in [-0.25, -0.2) is 0 Å². The fourth-order valence-corrected chi connectivity index (χ4v) is 2.04. The Bertz CT molecular complexity index is 555. The molecular formula is C14H17NO2. The van der Waals surface area contributed by atoms with E-state index in [1.165, 1.54) is 29.3 Å². The van der Waals surface area contributed by atoms with Crippen LogP contribution in [-0.4, -0.2) is 17.6 Å². The SMILES string of the molecule is COC(=O)CCc1ccc2c(c1)cc(C)n2C. The number of fused-ring (bicyclic) bond motifs is 1. The van der Waals surface area contributed by atoms with E-state index in [9.17, 15) is 4.79 Å². The number of aromatic nitrogens is 1. The van der Waals surface area contributed by atoms with Crippen LogP contribution in [0.15, 0.2) is 24.3 Å². The van der Waals surface area contributed by atoms with Gasteiger partial charge in [-0.15, -0.1) is 0 Å². The molecule has 0 saturated heterocycles. The molecule has 0 atom stereocenters. The van der Waals surface area contributed by atoms with Crippen LogP contribution in [0.1, 0.15) is 17.7 Å². The number of ether oxygens (including phenoxy) is 1. The molecule has 1 aromatic carbocycles. The standard InChI is InChI=1S/C14H17NO2/c1-10-8-12-9-11(5-7-14(16)17-3)4-6-13(12)15(10)2/h4,6,8-9H,5,7H2,1-3H3. The fraction of sp³-hybridized carbons (Fsp3) is 0.357. The highest BCUT2D eigenvalue weighted by atomic mass is 16.5. The number of esters is 1. The molecule has 1 aromatic heterocycles. The molecule has 0 bridgehead atoms. The van der Waals surface area contributed by atoms with Crippen LogP contribution < -0.4 is 0 Å². The first kappa shape index (κ1) is 11.7. The van der Waals surface area contributed by atoms with Crippen LogP contribution in [0.3, 0.4) is 0 Å². The van der Waals surface area contributed by atoms with Crippen molar-refractivity contribution in [3.05, 3.63) is 35.5 Å². The molecule has 3 nitrogen and oxygen atoms in total. The lowest BCUT2D eigenvalue weighted by molar-refractivity contribution is -0.140. The zero-order valence-electron chi connectivity index (χ0n) is 10.5. The van der Waals surface area contributed by atoms with Crippen molar-refractivity contribution in [1.82, 2.24) is 4.57 Å². The fourth-order valence-electron chi connectivity index (χ4n) is 2.04. The lowest BCUT2D eigenvalue weighted by Gasteiger charge is -2.02. The van der Waals surface area contributed by atoms with Crippen LogP contribution in [0.4, 0.5) is 0 Å². The number of hydrogen-bond acceptors (Lipinski definition) is 2. The van der Waals surface area contributed by atoms with Gasteiger partial charge in [0.25, 0.3) is 0 Å². The number of methoxy groups -OCH3 is 1. The lowest BCUT2D eigenvalue weighted by Crippen LogP contribution is -2.01. The van der Waals surface area contributed by atoms with Gasteiger partial charge in [0.1, 0.15) is 0 Å². The zero-order chi connectivity index (χ0) is 12.4. The number of rotatable bonds is 3. The highest BCUT2D eigenvalue weighted by Crippen LogP contribution is 2.20. The van der Waals surface area contributed by atoms with E-state index < -0.39 is 0 Å². The van der Waals surface area contributed by atoms with Gasteiger partial charge in [0, 0.05) is 30.1 Å². The van der Waals surface area contributed by atoms with Crippen molar-refractivity contribution in [2.24, 2.45) is 7.05 Å². The smallest absolute Gasteiger partial charge is 0.305 e. The first-order chi connectivity index (χ1) is 8.11. The Balaban J connectivity index is 2.23. The largest absolute Gasteiger partial charge is 0.469 e. The highest BCUT2D eigenvalue weighted by molar-refractivity contribution is 5.82. The first-order valence-corrected chi connectivity index (χ1v) is 5.73. The third kappa shape index (κ3) is 2.33. The molecule has 90 valence electrons. The molecule has 17 heavy (non-hydrogen) atoms. The van der Waals surface area contributed by atoms with Crippen molar-refractivity contribution >= 4 is 16.9 Å². The second kappa shape index (κ2) is 4.62. The summed E-state index contributed by atoms with van der Waals surface area (Å²) in [5.41, 5.74) is 3.64. The molecule has 2 rings (SSSR count). The second-order valence-corrected chi connectivity index (χ2v) is 4.31. The van der Waals surface area contributed by atoms with Crippen molar-refractivity contribution in [1.29, 1.82) is 0 Å². The van der Waals surface area contributed by atoms with Gasteiger partial charge in [0.2, 0.25) is 0 Å². The van der Waals surface area contributed by atoms with Crippen LogP contribution in [0.2, 0.25) is 0 Å². The quantitative estimate of drug-likeness (QED) is 0.760. The average Bonchev–Trinajstić information content (AvgIpc) is 2.62. The molecule has 2 aromatic rings. The van der Waals surface area contributed by atoms with Crippen LogP contribution in [-0.2, 0) is 23.0 Å². The number of benzene rings is 1. The molecule has 0 unspecified atom stereocenters. The van der Waals surface area contributed by atoms with Crippen LogP contribution in [0.25, 0.3) is 10.9 Å². The summed E-state index contributed by atoms with van der Waals surface area (Å²) in [5, 5.41) is 1.23. The minimum atomic E-state index is -0.158. The summed E-state index contributed by atoms with van der Waals surface area (Å²) in [6.45, 7) is 2.09. The molecule has 0 amide bonds. The van der Waals surface area contributed by atoms with Gasteiger partial charge >= 0.3 is 5.97 Å². The Morgan fingerprint density at radius 1 is 1.35 bits per heavy atom. The van der Waals surface area contributed by atoms with Gasteiger partial charge in [-0.3, -0.25) is 4.79 Å². The summed E-state index contributed by atoms with van der Waals surface area (Å²) in [6.07, 6.45) is 1.17. The maximum atomic E-state index is 11.1. The summed E-state index contributed by atoms with van der Waals surface area (Å²) < 4.78 is 6.81. The van der Waals surface area contributed by atoms with Crippen molar-refractivity contribution in [3.63, 3.8) is 0 Å². The Kier molecular flexibility index (Phi) is 3.18. The van der Waals surface area contributed by atoms with Gasteiger partial charge < -0.3 is 9.30 Å². The predicted octanol–water partition coefficient (Wildman–Crippen LogP) is 2.59. The van der Waals surface area contributed by atoms with Gasteiger partial charge in [0.05, 0.1) is 7.11 Å². The number of hydrogen-bond donors (Lipinski definition) is 0. The summed E-state index contributed by atoms with van der Waals surface area (Å²) in [4.78, 5) is 11.1. The number of aryl methyl sites for hydroxylation is 3. The monoisotopic (exact) mass is 231 g/mol. The highest BCUT2D eigenvalue weighted by Gasteiger charge is 2.05. The van der Waals surface area contributed by atoms with E-state index in [1.54, 1.807) is 0 Å². The number of carbonyl (C=O) groups excluding carboxylic acids is 1. The Morgan fingerprint density at radius 2 is 2.12 bits per heavy atom. The molecule has 0 radical (unpaired) electrons. The van der Waals surface area contributed by atoms with Gasteiger partial charge in [-0.05, 0) is 37.1 Å². The third-order valence-corrected chi connectivity index (χ3v) is 3.19. The Labute approximate surface area is 101 Å². The van der Waals surface area contributed by atoms with E-state index in [2.05, 4.69) is 47.5 Å². The van der Waals surface area contributed by atoms with Crippen molar-refractivity contribution in [2.75, 3.05) is 7.11 Å². The normalized spacial score (nSPS) is 10.8. The second-order valence-electron chi connectivity index (χ2n) is 4.31. The Hall–Kier alpha value is -1.77. The summed E-state index contributed by atoms with van der Waals surface area (Å²) in [7, 11) is 3.48. The molecule has 0 saturated carbocycles. The maximum absolute atomic E-state index is 11.1. The molecule has 0 N–H and O–H groups in total. The van der Waals surface area contributed by atoms with E-state index in [0.29, 0.717) is 6.42 Å². The molecule has 3 heteroatoms. The molecule has 0 aliphatic rings. The van der Waals surface area contributed by atoms with Gasteiger partial charge in [-0.2, -0.15) is 0 Å². The molecule has 0 fully saturated rings. The molecule has 0 aliphatic carbocycles. The molecule has 1 heterocycles. The minimum Gasteiger partial charge on any atom is -0.469 e. The van der Waals surface area contributed by atoms with E-state index in [0.717, 1.165) is 6.42 Å². The Morgan fingerprint density at radius 3 is 2.82 bits per heavy atom. The van der Waals surface area contributed by atoms with E-state index in [-0.39, 0.29) is 5.97 Å². The first-order valence-electron chi connectivity index (χ1n) is 5.73. The lowest BCUT2D eigenvalue weighted by atomic mass is 10.1. The summed E-state index contributed by atoms with van der Waals surface area (Å²) in [5.74, 6) is -0.158. The average molecular weight is 231 g/mol. The van der Waals surface area contributed by atoms with Crippen LogP contribution >= 0.6 is 0 Å². The summed E-state index contributed by atoms with van der Waals surface area (Å²) in [6, 6.07) is 8.49. The van der Waals surface area contributed by atoms with Crippen LogP contribution in [0, 0.1) is 6.92 Å². The predicted molar refractivity (Wildman–Crippen MR) is 68.0 cm³/mol. The topological polar surface area (TPSA) is 31.2 Å².